The molecule has 0 spiro atoms. The van der Waals surface area contributed by atoms with Gasteiger partial charge in [-0.05, 0) is 31.0 Å². The van der Waals surface area contributed by atoms with Gasteiger partial charge in [0.15, 0.2) is 5.54 Å². The second-order valence-corrected chi connectivity index (χ2v) is 9.51. The fourth-order valence-corrected chi connectivity index (χ4v) is 5.38. The Bertz CT molecular complexity index is 1040. The van der Waals surface area contributed by atoms with Crippen molar-refractivity contribution in [2.24, 2.45) is 0 Å². The summed E-state index contributed by atoms with van der Waals surface area (Å²) in [6.45, 7) is 0.656. The molecule has 2 aromatic carbocycles. The Labute approximate surface area is 197 Å². The number of anilines is 1. The molecule has 31 heavy (non-hydrogen) atoms. The van der Waals surface area contributed by atoms with Crippen LogP contribution in [0.1, 0.15) is 36.8 Å². The summed E-state index contributed by atoms with van der Waals surface area (Å²) in [7, 11) is 3.50. The number of amides is 2. The SMILES string of the molecule is CN(C)C(=O)C[C@@H]1CCCCN1C1(c2ccccc2Cl)C(=O)Nc2cc(Cl)c(Cl)cc21. The highest BCUT2D eigenvalue weighted by atomic mass is 35.5. The average Bonchev–Trinajstić information content (AvgIpc) is 3.00. The summed E-state index contributed by atoms with van der Waals surface area (Å²) in [5, 5.41) is 4.22. The molecule has 8 heteroatoms. The maximum Gasteiger partial charge on any atom is 0.254 e. The summed E-state index contributed by atoms with van der Waals surface area (Å²) >= 11 is 19.3. The van der Waals surface area contributed by atoms with E-state index >= 15 is 0 Å². The van der Waals surface area contributed by atoms with Gasteiger partial charge in [0.25, 0.3) is 5.91 Å². The molecule has 2 heterocycles. The zero-order chi connectivity index (χ0) is 22.3. The van der Waals surface area contributed by atoms with Crippen LogP contribution >= 0.6 is 34.8 Å². The van der Waals surface area contributed by atoms with Crippen molar-refractivity contribution in [3.8, 4) is 0 Å². The van der Waals surface area contributed by atoms with Crippen LogP contribution in [0.3, 0.4) is 0 Å². The van der Waals surface area contributed by atoms with Gasteiger partial charge in [-0.3, -0.25) is 14.5 Å². The second kappa shape index (κ2) is 8.62. The highest BCUT2D eigenvalue weighted by Gasteiger charge is 2.56. The van der Waals surface area contributed by atoms with E-state index in [4.69, 9.17) is 34.8 Å². The van der Waals surface area contributed by atoms with Gasteiger partial charge in [-0.1, -0.05) is 59.4 Å². The summed E-state index contributed by atoms with van der Waals surface area (Å²) in [5.41, 5.74) is 0.807. The van der Waals surface area contributed by atoms with Crippen molar-refractivity contribution in [1.82, 2.24) is 9.80 Å². The quantitative estimate of drug-likeness (QED) is 0.656. The van der Waals surface area contributed by atoms with E-state index in [9.17, 15) is 9.59 Å². The lowest BCUT2D eigenvalue weighted by Crippen LogP contribution is -2.58. The van der Waals surface area contributed by atoms with Crippen LogP contribution in [0, 0.1) is 0 Å². The molecule has 2 amide bonds. The van der Waals surface area contributed by atoms with Crippen molar-refractivity contribution >= 4 is 52.3 Å². The number of likely N-dealkylation sites (tertiary alicyclic amines) is 1. The van der Waals surface area contributed by atoms with Crippen LogP contribution in [0.2, 0.25) is 15.1 Å². The van der Waals surface area contributed by atoms with Gasteiger partial charge >= 0.3 is 0 Å². The van der Waals surface area contributed by atoms with Gasteiger partial charge in [0, 0.05) is 54.9 Å². The van der Waals surface area contributed by atoms with Crippen LogP contribution in [0.25, 0.3) is 0 Å². The first-order chi connectivity index (χ1) is 14.8. The number of rotatable bonds is 4. The largest absolute Gasteiger partial charge is 0.349 e. The highest BCUT2D eigenvalue weighted by Crippen LogP contribution is 2.51. The van der Waals surface area contributed by atoms with Crippen molar-refractivity contribution in [2.45, 2.75) is 37.3 Å². The number of fused-ring (bicyclic) bond motifs is 1. The summed E-state index contributed by atoms with van der Waals surface area (Å²) in [6.07, 6.45) is 3.05. The Morgan fingerprint density at radius 3 is 2.52 bits per heavy atom. The van der Waals surface area contributed by atoms with Crippen LogP contribution in [0.15, 0.2) is 36.4 Å². The summed E-state index contributed by atoms with van der Waals surface area (Å²) in [6, 6.07) is 10.7. The molecule has 2 aromatic rings. The van der Waals surface area contributed by atoms with E-state index in [0.29, 0.717) is 44.8 Å². The number of benzene rings is 2. The van der Waals surface area contributed by atoms with Crippen LogP contribution < -0.4 is 5.32 Å². The molecule has 4 rings (SSSR count). The number of piperidine rings is 1. The van der Waals surface area contributed by atoms with E-state index in [-0.39, 0.29) is 17.9 Å². The zero-order valence-corrected chi connectivity index (χ0v) is 19.7. The fraction of sp³-hybridized carbons (Fsp3) is 0.391. The van der Waals surface area contributed by atoms with Gasteiger partial charge in [0.05, 0.1) is 10.0 Å². The van der Waals surface area contributed by atoms with Crippen LogP contribution in [0.5, 0.6) is 0 Å². The van der Waals surface area contributed by atoms with Crippen molar-refractivity contribution in [3.63, 3.8) is 0 Å². The lowest BCUT2D eigenvalue weighted by atomic mass is 9.78. The summed E-state index contributed by atoms with van der Waals surface area (Å²) in [4.78, 5) is 30.2. The van der Waals surface area contributed by atoms with Crippen molar-refractivity contribution in [1.29, 1.82) is 0 Å². The third kappa shape index (κ3) is 3.72. The predicted molar refractivity (Wildman–Crippen MR) is 125 cm³/mol. The average molecular weight is 481 g/mol. The number of carbonyl (C=O) groups excluding carboxylic acids is 2. The smallest absolute Gasteiger partial charge is 0.254 e. The zero-order valence-electron chi connectivity index (χ0n) is 17.4. The van der Waals surface area contributed by atoms with E-state index in [1.54, 1.807) is 37.2 Å². The Morgan fingerprint density at radius 1 is 1.10 bits per heavy atom. The first-order valence-electron chi connectivity index (χ1n) is 10.3. The third-order valence-electron chi connectivity index (χ3n) is 6.26. The standard InChI is InChI=1S/C23H24Cl3N3O2/c1-28(2)21(30)11-14-7-5-6-10-29(14)23(15-8-3-4-9-17(15)24)16-12-18(25)19(26)13-20(16)27-22(23)31/h3-4,8-9,12-14H,5-7,10-11H2,1-2H3,(H,27,31)/t14-,23?/m0/s1. The number of halogens is 3. The monoisotopic (exact) mass is 479 g/mol. The number of nitrogens with zero attached hydrogens (tertiary/aromatic N) is 2. The molecule has 1 fully saturated rings. The molecule has 5 nitrogen and oxygen atoms in total. The minimum atomic E-state index is -1.19. The molecular weight excluding hydrogens is 457 g/mol. The topological polar surface area (TPSA) is 52.7 Å². The van der Waals surface area contributed by atoms with Gasteiger partial charge in [-0.25, -0.2) is 0 Å². The molecular formula is C23H24Cl3N3O2. The van der Waals surface area contributed by atoms with Crippen molar-refractivity contribution in [2.75, 3.05) is 26.0 Å². The maximum absolute atomic E-state index is 13.8. The lowest BCUT2D eigenvalue weighted by molar-refractivity contribution is -0.135. The minimum absolute atomic E-state index is 0.0268. The van der Waals surface area contributed by atoms with E-state index in [2.05, 4.69) is 10.2 Å². The van der Waals surface area contributed by atoms with Gasteiger partial charge in [-0.15, -0.1) is 0 Å². The Balaban J connectivity index is 1.95. The second-order valence-electron chi connectivity index (χ2n) is 8.29. The molecule has 1 N–H and O–H groups in total. The van der Waals surface area contributed by atoms with Crippen molar-refractivity contribution in [3.05, 3.63) is 62.6 Å². The molecule has 0 aliphatic carbocycles. The summed E-state index contributed by atoms with van der Waals surface area (Å²) in [5.74, 6) is -0.183. The minimum Gasteiger partial charge on any atom is -0.349 e. The van der Waals surface area contributed by atoms with Gasteiger partial charge < -0.3 is 10.2 Å². The number of hydrogen-bond acceptors (Lipinski definition) is 3. The van der Waals surface area contributed by atoms with Crippen LogP contribution in [-0.2, 0) is 15.1 Å². The Morgan fingerprint density at radius 2 is 1.81 bits per heavy atom. The van der Waals surface area contributed by atoms with Crippen molar-refractivity contribution < 1.29 is 9.59 Å². The lowest BCUT2D eigenvalue weighted by Gasteiger charge is -2.47. The molecule has 2 aliphatic heterocycles. The molecule has 0 aromatic heterocycles. The number of nitrogens with one attached hydrogen (secondary N) is 1. The molecule has 0 bridgehead atoms. The Kier molecular flexibility index (Phi) is 6.23. The summed E-state index contributed by atoms with van der Waals surface area (Å²) < 4.78 is 0. The molecule has 1 saturated heterocycles. The van der Waals surface area contributed by atoms with E-state index in [1.807, 2.05) is 18.2 Å². The molecule has 164 valence electrons. The third-order valence-corrected chi connectivity index (χ3v) is 7.31. The highest BCUT2D eigenvalue weighted by molar-refractivity contribution is 6.42. The predicted octanol–water partition coefficient (Wildman–Crippen LogP) is 5.18. The van der Waals surface area contributed by atoms with Gasteiger partial charge in [-0.2, -0.15) is 0 Å². The molecule has 1 unspecified atom stereocenters. The number of carbonyl (C=O) groups is 2. The number of hydrogen-bond donors (Lipinski definition) is 1. The van der Waals surface area contributed by atoms with Gasteiger partial charge in [0.1, 0.15) is 0 Å². The first-order valence-corrected chi connectivity index (χ1v) is 11.4. The van der Waals surface area contributed by atoms with E-state index in [1.165, 1.54) is 0 Å². The van der Waals surface area contributed by atoms with Gasteiger partial charge in [0.2, 0.25) is 5.91 Å². The molecule has 0 saturated carbocycles. The first kappa shape index (κ1) is 22.4. The van der Waals surface area contributed by atoms with E-state index in [0.717, 1.165) is 19.3 Å². The molecule has 2 atom stereocenters. The normalized spacial score (nSPS) is 23.4. The molecule has 2 aliphatic rings. The maximum atomic E-state index is 13.8. The molecule has 0 radical (unpaired) electrons. The Hall–Kier alpha value is -1.79. The van der Waals surface area contributed by atoms with E-state index < -0.39 is 5.54 Å². The fourth-order valence-electron chi connectivity index (χ4n) is 4.79. The van der Waals surface area contributed by atoms with Crippen LogP contribution in [0.4, 0.5) is 5.69 Å². The van der Waals surface area contributed by atoms with Crippen LogP contribution in [-0.4, -0.2) is 48.3 Å².